The molecule has 128 valence electrons. The molecule has 0 rings (SSSR count). The molecule has 0 amide bonds. The SMILES string of the molecule is CCCCCOC[C@H](CO)OP(=O)([O-])OCC[N+](C)(C)C. The molecule has 0 radical (unpaired) electrons. The highest BCUT2D eigenvalue weighted by atomic mass is 31.2. The zero-order chi connectivity index (χ0) is 16.4. The minimum Gasteiger partial charge on any atom is -0.756 e. The standard InChI is InChI=1S/C13H30NO6P/c1-5-6-7-9-18-12-13(11-15)20-21(16,17)19-10-8-14(2,3)4/h13,15H,5-12H2,1-4H3/t13-/m0/s1. The zero-order valence-corrected chi connectivity index (χ0v) is 14.5. The minimum absolute atomic E-state index is 0.0329. The Morgan fingerprint density at radius 2 is 1.90 bits per heavy atom. The van der Waals surface area contributed by atoms with Gasteiger partial charge in [0.1, 0.15) is 19.3 Å². The van der Waals surface area contributed by atoms with Crippen molar-refractivity contribution in [3.63, 3.8) is 0 Å². The molecule has 0 aliphatic heterocycles. The average molecular weight is 327 g/mol. The van der Waals surface area contributed by atoms with E-state index >= 15 is 0 Å². The molecule has 21 heavy (non-hydrogen) atoms. The molecule has 0 heterocycles. The molecular weight excluding hydrogens is 297 g/mol. The fourth-order valence-electron chi connectivity index (χ4n) is 1.42. The Morgan fingerprint density at radius 3 is 2.43 bits per heavy atom. The van der Waals surface area contributed by atoms with E-state index in [0.29, 0.717) is 17.6 Å². The number of aliphatic hydroxyl groups excluding tert-OH is 1. The van der Waals surface area contributed by atoms with Gasteiger partial charge in [-0.25, -0.2) is 0 Å². The summed E-state index contributed by atoms with van der Waals surface area (Å²) in [5, 5.41) is 9.12. The number of nitrogens with zero attached hydrogens (tertiary/aromatic N) is 1. The number of likely N-dealkylation sites (N-methyl/N-ethyl adjacent to an activating group) is 1. The average Bonchev–Trinajstić information content (AvgIpc) is 2.35. The van der Waals surface area contributed by atoms with Crippen molar-refractivity contribution in [3.8, 4) is 0 Å². The predicted octanol–water partition coefficient (Wildman–Crippen LogP) is 0.762. The first-order chi connectivity index (χ1) is 9.70. The van der Waals surface area contributed by atoms with Gasteiger partial charge in [0.15, 0.2) is 0 Å². The van der Waals surface area contributed by atoms with Gasteiger partial charge in [-0.1, -0.05) is 19.8 Å². The zero-order valence-electron chi connectivity index (χ0n) is 13.6. The Morgan fingerprint density at radius 1 is 1.24 bits per heavy atom. The van der Waals surface area contributed by atoms with E-state index in [-0.39, 0.29) is 13.2 Å². The van der Waals surface area contributed by atoms with E-state index in [4.69, 9.17) is 18.9 Å². The molecule has 0 aliphatic carbocycles. The van der Waals surface area contributed by atoms with Gasteiger partial charge in [0.2, 0.25) is 0 Å². The molecule has 0 aromatic carbocycles. The lowest BCUT2D eigenvalue weighted by atomic mass is 10.3. The second-order valence-electron chi connectivity index (χ2n) is 5.99. The molecule has 0 fully saturated rings. The number of quaternary nitrogens is 1. The largest absolute Gasteiger partial charge is 0.756 e. The smallest absolute Gasteiger partial charge is 0.268 e. The number of phosphoric ester groups is 1. The van der Waals surface area contributed by atoms with Crippen molar-refractivity contribution in [3.05, 3.63) is 0 Å². The Balaban J connectivity index is 3.99. The van der Waals surface area contributed by atoms with Gasteiger partial charge in [-0.15, -0.1) is 0 Å². The van der Waals surface area contributed by atoms with E-state index in [1.54, 1.807) is 0 Å². The molecule has 8 heteroatoms. The Kier molecular flexibility index (Phi) is 10.7. The number of hydrogen-bond donors (Lipinski definition) is 1. The van der Waals surface area contributed by atoms with Crippen molar-refractivity contribution in [2.45, 2.75) is 32.3 Å². The number of unbranched alkanes of at least 4 members (excludes halogenated alkanes) is 2. The monoisotopic (exact) mass is 327 g/mol. The lowest BCUT2D eigenvalue weighted by Gasteiger charge is -2.29. The lowest BCUT2D eigenvalue weighted by Crippen LogP contribution is -2.37. The minimum atomic E-state index is -4.41. The highest BCUT2D eigenvalue weighted by Gasteiger charge is 2.19. The van der Waals surface area contributed by atoms with Gasteiger partial charge in [0, 0.05) is 6.61 Å². The maximum Gasteiger partial charge on any atom is 0.268 e. The van der Waals surface area contributed by atoms with Crippen molar-refractivity contribution < 1.29 is 32.8 Å². The Labute approximate surface area is 128 Å². The van der Waals surface area contributed by atoms with E-state index in [2.05, 4.69) is 6.92 Å². The van der Waals surface area contributed by atoms with Crippen LogP contribution in [0.5, 0.6) is 0 Å². The van der Waals surface area contributed by atoms with E-state index in [1.165, 1.54) is 0 Å². The van der Waals surface area contributed by atoms with Crippen LogP contribution in [0.1, 0.15) is 26.2 Å². The van der Waals surface area contributed by atoms with Crippen LogP contribution in [0.3, 0.4) is 0 Å². The summed E-state index contributed by atoms with van der Waals surface area (Å²) in [6.07, 6.45) is 2.13. The fraction of sp³-hybridized carbons (Fsp3) is 1.00. The third-order valence-electron chi connectivity index (χ3n) is 2.69. The van der Waals surface area contributed by atoms with Gasteiger partial charge < -0.3 is 28.3 Å². The Bertz CT molecular complexity index is 308. The quantitative estimate of drug-likeness (QED) is 0.305. The predicted molar refractivity (Wildman–Crippen MR) is 78.8 cm³/mol. The van der Waals surface area contributed by atoms with Crippen LogP contribution in [-0.4, -0.2) is 69.8 Å². The summed E-state index contributed by atoms with van der Waals surface area (Å²) < 4.78 is 27.1. The Hall–Kier alpha value is -0.0100. The van der Waals surface area contributed by atoms with Crippen LogP contribution in [0.15, 0.2) is 0 Å². The van der Waals surface area contributed by atoms with Gasteiger partial charge in [0.25, 0.3) is 7.82 Å². The second kappa shape index (κ2) is 10.7. The third kappa shape index (κ3) is 13.4. The van der Waals surface area contributed by atoms with Crippen molar-refractivity contribution >= 4 is 7.82 Å². The van der Waals surface area contributed by atoms with Crippen LogP contribution in [0.25, 0.3) is 0 Å². The van der Waals surface area contributed by atoms with Crippen LogP contribution in [0.4, 0.5) is 0 Å². The first kappa shape index (κ1) is 21.0. The molecule has 2 atom stereocenters. The second-order valence-corrected chi connectivity index (χ2v) is 7.35. The van der Waals surface area contributed by atoms with Gasteiger partial charge in [-0.2, -0.15) is 0 Å². The van der Waals surface area contributed by atoms with Crippen molar-refractivity contribution in [1.82, 2.24) is 0 Å². The van der Waals surface area contributed by atoms with Crippen molar-refractivity contribution in [2.24, 2.45) is 0 Å². The fourth-order valence-corrected chi connectivity index (χ4v) is 2.28. The van der Waals surface area contributed by atoms with Crippen molar-refractivity contribution in [2.75, 3.05) is 54.1 Å². The first-order valence-corrected chi connectivity index (χ1v) is 8.79. The summed E-state index contributed by atoms with van der Waals surface area (Å²) in [6.45, 7) is 2.79. The van der Waals surface area contributed by atoms with Gasteiger partial charge in [0.05, 0.1) is 34.4 Å². The maximum absolute atomic E-state index is 11.6. The van der Waals surface area contributed by atoms with Gasteiger partial charge >= 0.3 is 0 Å². The topological polar surface area (TPSA) is 88.0 Å². The highest BCUT2D eigenvalue weighted by Crippen LogP contribution is 2.39. The molecule has 0 bridgehead atoms. The number of hydrogen-bond acceptors (Lipinski definition) is 6. The molecule has 1 N–H and O–H groups in total. The number of ether oxygens (including phenoxy) is 1. The molecule has 0 saturated carbocycles. The molecule has 1 unspecified atom stereocenters. The summed E-state index contributed by atoms with van der Waals surface area (Å²) in [6, 6.07) is 0. The number of phosphoric acid groups is 1. The summed E-state index contributed by atoms with van der Waals surface area (Å²) in [4.78, 5) is 11.6. The van der Waals surface area contributed by atoms with Gasteiger partial charge in [-0.05, 0) is 6.42 Å². The van der Waals surface area contributed by atoms with Gasteiger partial charge in [-0.3, -0.25) is 4.57 Å². The van der Waals surface area contributed by atoms with E-state index in [1.807, 2.05) is 21.1 Å². The van der Waals surface area contributed by atoms with Crippen LogP contribution in [0.2, 0.25) is 0 Å². The molecular formula is C13H30NO6P. The molecule has 0 saturated heterocycles. The summed E-state index contributed by atoms with van der Waals surface area (Å²) in [5.41, 5.74) is 0. The van der Waals surface area contributed by atoms with Crippen LogP contribution >= 0.6 is 7.82 Å². The molecule has 7 nitrogen and oxygen atoms in total. The lowest BCUT2D eigenvalue weighted by molar-refractivity contribution is -0.870. The molecule has 0 spiro atoms. The molecule has 0 aromatic rings. The third-order valence-corrected chi connectivity index (χ3v) is 3.74. The van der Waals surface area contributed by atoms with Crippen LogP contribution in [0, 0.1) is 0 Å². The summed E-state index contributed by atoms with van der Waals surface area (Å²) >= 11 is 0. The maximum atomic E-state index is 11.6. The van der Waals surface area contributed by atoms with E-state index in [9.17, 15) is 9.46 Å². The van der Waals surface area contributed by atoms with Crippen LogP contribution < -0.4 is 4.89 Å². The van der Waals surface area contributed by atoms with E-state index in [0.717, 1.165) is 19.3 Å². The molecule has 0 aliphatic rings. The van der Waals surface area contributed by atoms with Crippen LogP contribution in [-0.2, 0) is 18.3 Å². The number of rotatable bonds is 13. The first-order valence-electron chi connectivity index (χ1n) is 7.33. The normalized spacial score (nSPS) is 16.7. The molecule has 0 aromatic heterocycles. The van der Waals surface area contributed by atoms with E-state index < -0.39 is 20.5 Å². The summed E-state index contributed by atoms with van der Waals surface area (Å²) in [5.74, 6) is 0. The number of aliphatic hydroxyl groups is 1. The highest BCUT2D eigenvalue weighted by molar-refractivity contribution is 7.45. The van der Waals surface area contributed by atoms with Crippen molar-refractivity contribution in [1.29, 1.82) is 0 Å². The summed E-state index contributed by atoms with van der Waals surface area (Å²) in [7, 11) is 1.38.